The van der Waals surface area contributed by atoms with Gasteiger partial charge >= 0.3 is 0 Å². The summed E-state index contributed by atoms with van der Waals surface area (Å²) in [5.41, 5.74) is 0.164. The average Bonchev–Trinajstić information content (AvgIpc) is 2.52. The first-order chi connectivity index (χ1) is 10.2. The first kappa shape index (κ1) is 14.8. The van der Waals surface area contributed by atoms with Crippen molar-refractivity contribution in [1.29, 1.82) is 0 Å². The van der Waals surface area contributed by atoms with Crippen LogP contribution < -0.4 is 14.8 Å². The Morgan fingerprint density at radius 1 is 1.19 bits per heavy atom. The van der Waals surface area contributed by atoms with E-state index in [0.717, 1.165) is 11.8 Å². The number of carbonyl (C=O) groups is 1. The fraction of sp³-hybridized carbons (Fsp3) is 0.188. The summed E-state index contributed by atoms with van der Waals surface area (Å²) in [6.07, 6.45) is 0. The molecule has 0 spiro atoms. The molecule has 1 N–H and O–H groups in total. The molecule has 4 nitrogen and oxygen atoms in total. The number of hydrogen-bond acceptors (Lipinski definition) is 3. The summed E-state index contributed by atoms with van der Waals surface area (Å²) >= 11 is 0. The maximum Gasteiger partial charge on any atom is 0.255 e. The largest absolute Gasteiger partial charge is 0.496 e. The number of para-hydroxylation sites is 1. The smallest absolute Gasteiger partial charge is 0.255 e. The fourth-order valence-corrected chi connectivity index (χ4v) is 1.80. The van der Waals surface area contributed by atoms with Crippen molar-refractivity contribution in [2.45, 2.75) is 0 Å². The molecule has 0 radical (unpaired) electrons. The minimum Gasteiger partial charge on any atom is -0.496 e. The van der Waals surface area contributed by atoms with E-state index >= 15 is 0 Å². The van der Waals surface area contributed by atoms with Gasteiger partial charge in [-0.2, -0.15) is 0 Å². The van der Waals surface area contributed by atoms with E-state index in [0.29, 0.717) is 18.9 Å². The van der Waals surface area contributed by atoms with Crippen LogP contribution in [-0.4, -0.2) is 26.2 Å². The Morgan fingerprint density at radius 3 is 2.67 bits per heavy atom. The Hall–Kier alpha value is -2.56. The second-order valence-corrected chi connectivity index (χ2v) is 4.26. The summed E-state index contributed by atoms with van der Waals surface area (Å²) in [5, 5.41) is 2.66. The Labute approximate surface area is 122 Å². The van der Waals surface area contributed by atoms with Crippen molar-refractivity contribution in [3.63, 3.8) is 0 Å². The zero-order chi connectivity index (χ0) is 15.1. The molecule has 0 aliphatic heterocycles. The molecule has 0 aliphatic carbocycles. The Morgan fingerprint density at radius 2 is 1.95 bits per heavy atom. The maximum atomic E-state index is 13.2. The molecule has 0 unspecified atom stereocenters. The van der Waals surface area contributed by atoms with Crippen molar-refractivity contribution in [2.75, 3.05) is 20.3 Å². The molecule has 0 atom stereocenters. The third-order valence-corrected chi connectivity index (χ3v) is 2.81. The lowest BCUT2D eigenvalue weighted by Gasteiger charge is -2.10. The lowest BCUT2D eigenvalue weighted by molar-refractivity contribution is 0.0943. The van der Waals surface area contributed by atoms with Crippen LogP contribution in [0, 0.1) is 5.82 Å². The molecule has 0 saturated carbocycles. The maximum absolute atomic E-state index is 13.2. The van der Waals surface area contributed by atoms with Gasteiger partial charge in [0, 0.05) is 0 Å². The molecule has 1 amide bonds. The molecular formula is C16H16FNO3. The molecule has 2 aromatic carbocycles. The molecule has 0 aliphatic rings. The summed E-state index contributed by atoms with van der Waals surface area (Å²) in [6.45, 7) is 0.640. The van der Waals surface area contributed by atoms with Crippen LogP contribution in [0.15, 0.2) is 48.5 Å². The van der Waals surface area contributed by atoms with E-state index in [2.05, 4.69) is 5.32 Å². The molecule has 5 heteroatoms. The Bertz CT molecular complexity index is 602. The van der Waals surface area contributed by atoms with Crippen molar-refractivity contribution >= 4 is 5.91 Å². The normalized spacial score (nSPS) is 10.0. The van der Waals surface area contributed by atoms with E-state index in [-0.39, 0.29) is 5.56 Å². The highest BCUT2D eigenvalue weighted by Crippen LogP contribution is 2.18. The van der Waals surface area contributed by atoms with Gasteiger partial charge in [0.05, 0.1) is 19.2 Å². The molecule has 0 bridgehead atoms. The summed E-state index contributed by atoms with van der Waals surface area (Å²) in [7, 11) is 1.43. The first-order valence-corrected chi connectivity index (χ1v) is 6.50. The van der Waals surface area contributed by atoms with Gasteiger partial charge in [-0.3, -0.25) is 4.79 Å². The molecule has 2 aromatic rings. The van der Waals surface area contributed by atoms with Gasteiger partial charge in [0.2, 0.25) is 0 Å². The van der Waals surface area contributed by atoms with E-state index in [1.54, 1.807) is 0 Å². The third-order valence-electron chi connectivity index (χ3n) is 2.81. The number of rotatable bonds is 6. The summed E-state index contributed by atoms with van der Waals surface area (Å²) < 4.78 is 23.7. The third kappa shape index (κ3) is 4.21. The van der Waals surface area contributed by atoms with Crippen molar-refractivity contribution < 1.29 is 18.7 Å². The number of methoxy groups -OCH3 is 1. The first-order valence-electron chi connectivity index (χ1n) is 6.50. The van der Waals surface area contributed by atoms with Gasteiger partial charge in [-0.05, 0) is 30.3 Å². The highest BCUT2D eigenvalue weighted by Gasteiger charge is 2.12. The lowest BCUT2D eigenvalue weighted by Crippen LogP contribution is -2.28. The topological polar surface area (TPSA) is 47.6 Å². The number of benzene rings is 2. The van der Waals surface area contributed by atoms with Crippen LogP contribution in [-0.2, 0) is 0 Å². The number of nitrogens with one attached hydrogen (secondary N) is 1. The lowest BCUT2D eigenvalue weighted by atomic mass is 10.2. The Balaban J connectivity index is 1.86. The van der Waals surface area contributed by atoms with Crippen molar-refractivity contribution in [3.8, 4) is 11.5 Å². The highest BCUT2D eigenvalue weighted by atomic mass is 19.1. The molecule has 21 heavy (non-hydrogen) atoms. The van der Waals surface area contributed by atoms with Crippen LogP contribution in [0.4, 0.5) is 4.39 Å². The van der Waals surface area contributed by atoms with Crippen molar-refractivity contribution in [2.24, 2.45) is 0 Å². The molecule has 2 rings (SSSR count). The molecular weight excluding hydrogens is 273 g/mol. The predicted octanol–water partition coefficient (Wildman–Crippen LogP) is 2.64. The number of ether oxygens (including phenoxy) is 2. The summed E-state index contributed by atoms with van der Waals surface area (Å²) in [4.78, 5) is 12.0. The van der Waals surface area contributed by atoms with Crippen molar-refractivity contribution in [1.82, 2.24) is 5.32 Å². The molecule has 0 aromatic heterocycles. The number of hydrogen-bond donors (Lipinski definition) is 1. The van der Waals surface area contributed by atoms with Crippen LogP contribution in [0.3, 0.4) is 0 Å². The summed E-state index contributed by atoms with van der Waals surface area (Å²) in [6, 6.07) is 13.1. The molecule has 0 saturated heterocycles. The van der Waals surface area contributed by atoms with Gasteiger partial charge in [0.1, 0.15) is 23.9 Å². The van der Waals surface area contributed by atoms with Gasteiger partial charge in [0.15, 0.2) is 0 Å². The minimum atomic E-state index is -0.485. The fourth-order valence-electron chi connectivity index (χ4n) is 1.80. The summed E-state index contributed by atoms with van der Waals surface area (Å²) in [5.74, 6) is 0.178. The number of amides is 1. The monoisotopic (exact) mass is 289 g/mol. The molecule has 110 valence electrons. The van der Waals surface area contributed by atoms with E-state index in [1.165, 1.54) is 19.2 Å². The van der Waals surface area contributed by atoms with Crippen LogP contribution in [0.5, 0.6) is 11.5 Å². The standard InChI is InChI=1S/C16H16FNO3/c1-20-15-8-7-12(17)11-14(15)16(19)18-9-10-21-13-5-3-2-4-6-13/h2-8,11H,9-10H2,1H3,(H,18,19). The van der Waals surface area contributed by atoms with E-state index < -0.39 is 11.7 Å². The van der Waals surface area contributed by atoms with Crippen molar-refractivity contribution in [3.05, 3.63) is 59.9 Å². The van der Waals surface area contributed by atoms with Crippen LogP contribution >= 0.6 is 0 Å². The second kappa shape index (κ2) is 7.28. The van der Waals surface area contributed by atoms with Gasteiger partial charge in [-0.15, -0.1) is 0 Å². The zero-order valence-corrected chi connectivity index (χ0v) is 11.6. The zero-order valence-electron chi connectivity index (χ0n) is 11.6. The van der Waals surface area contributed by atoms with E-state index in [4.69, 9.17) is 9.47 Å². The number of halogens is 1. The van der Waals surface area contributed by atoms with E-state index in [1.807, 2.05) is 30.3 Å². The Kier molecular flexibility index (Phi) is 5.15. The van der Waals surface area contributed by atoms with Crippen LogP contribution in [0.2, 0.25) is 0 Å². The average molecular weight is 289 g/mol. The minimum absolute atomic E-state index is 0.164. The second-order valence-electron chi connectivity index (χ2n) is 4.26. The van der Waals surface area contributed by atoms with Gasteiger partial charge in [-0.1, -0.05) is 18.2 Å². The van der Waals surface area contributed by atoms with Gasteiger partial charge < -0.3 is 14.8 Å². The van der Waals surface area contributed by atoms with E-state index in [9.17, 15) is 9.18 Å². The van der Waals surface area contributed by atoms with Gasteiger partial charge in [0.25, 0.3) is 5.91 Å². The van der Waals surface area contributed by atoms with Crippen LogP contribution in [0.1, 0.15) is 10.4 Å². The number of carbonyl (C=O) groups excluding carboxylic acids is 1. The molecule has 0 fully saturated rings. The van der Waals surface area contributed by atoms with Gasteiger partial charge in [-0.25, -0.2) is 4.39 Å². The predicted molar refractivity (Wildman–Crippen MR) is 77.2 cm³/mol. The quantitative estimate of drug-likeness (QED) is 0.832. The SMILES string of the molecule is COc1ccc(F)cc1C(=O)NCCOc1ccccc1. The highest BCUT2D eigenvalue weighted by molar-refractivity contribution is 5.96. The van der Waals surface area contributed by atoms with Crippen LogP contribution in [0.25, 0.3) is 0 Å². The molecule has 0 heterocycles.